The topological polar surface area (TPSA) is 146 Å². The van der Waals surface area contributed by atoms with Crippen LogP contribution in [0.3, 0.4) is 0 Å². The molecular formula is C45H52MgN4O6-2. The number of aliphatic hydroxyl groups is 1. The predicted octanol–water partition coefficient (Wildman–Crippen LogP) is 4.55. The van der Waals surface area contributed by atoms with E-state index in [4.69, 9.17) is 29.7 Å². The minimum atomic E-state index is -1.12. The van der Waals surface area contributed by atoms with Gasteiger partial charge in [-0.3, -0.25) is 14.4 Å². The van der Waals surface area contributed by atoms with Gasteiger partial charge in [-0.25, -0.2) is 0 Å². The van der Waals surface area contributed by atoms with E-state index in [1.165, 1.54) is 12.7 Å². The average Bonchev–Trinajstić information content (AvgIpc) is 3.90. The number of aldehydes is 1. The quantitative estimate of drug-likeness (QED) is 0.115. The molecule has 0 radical (unpaired) electrons. The molecule has 4 atom stereocenters. The number of fused-ring (bicyclic) bond motifs is 8. The number of hydrogen-bond acceptors (Lipinski definition) is 6. The van der Waals surface area contributed by atoms with E-state index >= 15 is 0 Å². The SMILES string of the molecule is C=Cc1c2[n-]c(c1C=O)/C=C1\[N-]C(C3=c4[n-]c(c(C)c4=C(O)[C@@H]3C(=O)OC)/C=c3\[n-]/c(c(C)c3CC)=C\2)[C@@H](CCC(=O)OC/C=C(\C)CCCC(C)C)[C@@H]1C.[Mg+2]. The Hall–Kier alpha value is -4.48. The molecular weight excluding hydrogens is 717 g/mol. The monoisotopic (exact) mass is 768 g/mol. The molecule has 292 valence electrons. The molecule has 1 N–H and O–H groups in total. The minimum absolute atomic E-state index is 0. The number of carbonyl (C=O) groups is 3. The van der Waals surface area contributed by atoms with Gasteiger partial charge in [-0.05, 0) is 75.8 Å². The first-order valence-electron chi connectivity index (χ1n) is 19.4. The zero-order valence-corrected chi connectivity index (χ0v) is 35.4. The largest absolute Gasteiger partial charge is 2.00 e. The molecule has 2 aliphatic heterocycles. The number of esters is 2. The maximum Gasteiger partial charge on any atom is 2.00 e. The van der Waals surface area contributed by atoms with Gasteiger partial charge in [0.05, 0.1) is 7.11 Å². The third kappa shape index (κ3) is 8.02. The van der Waals surface area contributed by atoms with E-state index in [0.29, 0.717) is 68.8 Å². The molecule has 5 heterocycles. The maximum absolute atomic E-state index is 13.5. The summed E-state index contributed by atoms with van der Waals surface area (Å²) in [4.78, 5) is 54.4. The van der Waals surface area contributed by atoms with Gasteiger partial charge < -0.3 is 34.8 Å². The van der Waals surface area contributed by atoms with E-state index in [2.05, 4.69) is 34.3 Å². The van der Waals surface area contributed by atoms with Crippen LogP contribution in [0.5, 0.6) is 0 Å². The Bertz CT molecular complexity index is 2350. The molecule has 1 fully saturated rings. The number of rotatable bonds is 13. The van der Waals surface area contributed by atoms with Crippen molar-refractivity contribution in [3.05, 3.63) is 95.4 Å². The van der Waals surface area contributed by atoms with Crippen LogP contribution in [0.2, 0.25) is 0 Å². The number of methoxy groups -OCH3 is 1. The summed E-state index contributed by atoms with van der Waals surface area (Å²) in [6.45, 7) is 18.7. The maximum atomic E-state index is 13.5. The molecule has 1 aliphatic carbocycles. The first-order chi connectivity index (χ1) is 26.3. The first-order valence-corrected chi connectivity index (χ1v) is 19.4. The predicted molar refractivity (Wildman–Crippen MR) is 220 cm³/mol. The van der Waals surface area contributed by atoms with Gasteiger partial charge in [-0.1, -0.05) is 98.9 Å². The van der Waals surface area contributed by atoms with Crippen molar-refractivity contribution in [1.29, 1.82) is 0 Å². The van der Waals surface area contributed by atoms with Crippen molar-refractivity contribution in [1.82, 2.24) is 15.0 Å². The summed E-state index contributed by atoms with van der Waals surface area (Å²) in [5.41, 5.74) is 7.74. The third-order valence-corrected chi connectivity index (χ3v) is 11.6. The summed E-state index contributed by atoms with van der Waals surface area (Å²) in [7, 11) is 1.29. The second kappa shape index (κ2) is 17.8. The number of nitrogens with zero attached hydrogens (tertiary/aromatic N) is 4. The Balaban J connectivity index is 0.00000600. The molecule has 3 aromatic rings. The molecule has 8 bridgehead atoms. The van der Waals surface area contributed by atoms with Gasteiger partial charge in [-0.2, -0.15) is 5.70 Å². The van der Waals surface area contributed by atoms with Gasteiger partial charge >= 0.3 is 35.0 Å². The zero-order chi connectivity index (χ0) is 39.7. The van der Waals surface area contributed by atoms with E-state index in [9.17, 15) is 19.5 Å². The molecule has 56 heavy (non-hydrogen) atoms. The molecule has 1 unspecified atom stereocenters. The summed E-state index contributed by atoms with van der Waals surface area (Å²) in [6, 6.07) is -0.656. The number of aliphatic hydroxyl groups excluding tert-OH is 1. The van der Waals surface area contributed by atoms with Crippen molar-refractivity contribution in [2.24, 2.45) is 23.7 Å². The molecule has 3 aromatic heterocycles. The van der Waals surface area contributed by atoms with Crippen LogP contribution in [0, 0.1) is 37.5 Å². The summed E-state index contributed by atoms with van der Waals surface area (Å²) in [5.74, 6) is -2.09. The second-order valence-corrected chi connectivity index (χ2v) is 15.5. The number of carbonyl (C=O) groups excluding carboxylic acids is 3. The Morgan fingerprint density at radius 2 is 1.71 bits per heavy atom. The molecule has 6 rings (SSSR count). The van der Waals surface area contributed by atoms with Crippen molar-refractivity contribution in [3.8, 4) is 0 Å². The molecule has 10 nitrogen and oxygen atoms in total. The van der Waals surface area contributed by atoms with Gasteiger partial charge in [0.1, 0.15) is 24.6 Å². The minimum Gasteiger partial charge on any atom is -0.681 e. The molecule has 0 aromatic carbocycles. The summed E-state index contributed by atoms with van der Waals surface area (Å²) in [6.07, 6.45) is 14.4. The standard InChI is InChI=1S/C45H53N4O6.Mg/c1-10-28-25(6)32-19-36-29(11-2)31(22-50)37(47-36)20-33-26(7)30(15-16-38(51)55-18-17-24(5)14-12-13-23(3)4)42(48-33)40-41(45(53)54-9)44(52)39-27(8)34(49-43(39)40)21-35(28)46-32;/h11,17,19-23,26,30,41-42H,2,10,12-16,18H2,1,3-9H3,(H2-,47,48,50,52);/q-3;+2/p-1/b24-17+,32-19-,35-21-;/t26-,30-,41+,42?;/m0./s1. The summed E-state index contributed by atoms with van der Waals surface area (Å²) < 4.78 is 10.9. The van der Waals surface area contributed by atoms with Gasteiger partial charge in [0.2, 0.25) is 0 Å². The van der Waals surface area contributed by atoms with E-state index in [1.807, 2.05) is 45.1 Å². The van der Waals surface area contributed by atoms with E-state index in [1.54, 1.807) is 6.08 Å². The van der Waals surface area contributed by atoms with E-state index < -0.39 is 17.9 Å². The van der Waals surface area contributed by atoms with Gasteiger partial charge in [0.15, 0.2) is 0 Å². The van der Waals surface area contributed by atoms with E-state index in [0.717, 1.165) is 52.9 Å². The fraction of sp³-hybridized carbons (Fsp3) is 0.444. The fourth-order valence-electron chi connectivity index (χ4n) is 8.41. The Labute approximate surface area is 345 Å². The Morgan fingerprint density at radius 3 is 2.38 bits per heavy atom. The summed E-state index contributed by atoms with van der Waals surface area (Å²) >= 11 is 0. The van der Waals surface area contributed by atoms with Crippen LogP contribution < -0.4 is 36.2 Å². The Kier molecular flexibility index (Phi) is 13.5. The van der Waals surface area contributed by atoms with Crippen molar-refractivity contribution < 1.29 is 29.0 Å². The number of allylic oxidation sites excluding steroid dienone is 2. The normalized spacial score (nSPS) is 21.9. The van der Waals surface area contributed by atoms with Crippen molar-refractivity contribution >= 4 is 76.9 Å². The smallest absolute Gasteiger partial charge is 0.681 e. The van der Waals surface area contributed by atoms with Crippen molar-refractivity contribution in [2.75, 3.05) is 13.7 Å². The molecule has 3 aliphatic rings. The van der Waals surface area contributed by atoms with Gasteiger partial charge in [0.25, 0.3) is 0 Å². The fourth-order valence-corrected chi connectivity index (χ4v) is 8.41. The summed E-state index contributed by atoms with van der Waals surface area (Å²) in [5, 5.41) is 19.5. The third-order valence-electron chi connectivity index (χ3n) is 11.6. The van der Waals surface area contributed by atoms with Gasteiger partial charge in [0, 0.05) is 17.2 Å². The molecule has 11 heteroatoms. The number of hydrogen-bond donors (Lipinski definition) is 1. The van der Waals surface area contributed by atoms with Crippen LogP contribution in [0.4, 0.5) is 0 Å². The Morgan fingerprint density at radius 1 is 1.00 bits per heavy atom. The van der Waals surface area contributed by atoms with Crippen LogP contribution in [-0.2, 0) is 25.5 Å². The van der Waals surface area contributed by atoms with Crippen molar-refractivity contribution in [2.45, 2.75) is 93.0 Å². The van der Waals surface area contributed by atoms with Crippen LogP contribution in [0.25, 0.3) is 41.0 Å². The second-order valence-electron chi connectivity index (χ2n) is 15.5. The molecule has 0 saturated carbocycles. The van der Waals surface area contributed by atoms with Crippen LogP contribution in [0.15, 0.2) is 23.9 Å². The molecule has 0 amide bonds. The van der Waals surface area contributed by atoms with Crippen LogP contribution in [-0.4, -0.2) is 66.1 Å². The van der Waals surface area contributed by atoms with Crippen molar-refractivity contribution in [3.63, 3.8) is 0 Å². The molecule has 0 spiro atoms. The first kappa shape index (κ1) is 42.7. The average molecular weight is 769 g/mol. The number of ether oxygens (including phenoxy) is 2. The van der Waals surface area contributed by atoms with Crippen LogP contribution >= 0.6 is 0 Å². The zero-order valence-electron chi connectivity index (χ0n) is 34.0. The number of aromatic nitrogens is 3. The van der Waals surface area contributed by atoms with Crippen LogP contribution in [0.1, 0.15) is 116 Å². The molecule has 1 saturated heterocycles. The van der Waals surface area contributed by atoms with E-state index in [-0.39, 0.29) is 59.6 Å². The van der Waals surface area contributed by atoms with Gasteiger partial charge in [-0.15, -0.1) is 33.1 Å².